The van der Waals surface area contributed by atoms with Gasteiger partial charge in [-0.15, -0.1) is 0 Å². The van der Waals surface area contributed by atoms with E-state index in [1.165, 1.54) is 12.7 Å². The zero-order valence-electron chi connectivity index (χ0n) is 15.5. The van der Waals surface area contributed by atoms with Gasteiger partial charge in [0.25, 0.3) is 5.91 Å². The van der Waals surface area contributed by atoms with E-state index in [1.807, 2.05) is 12.1 Å². The highest BCUT2D eigenvalue weighted by Gasteiger charge is 2.10. The van der Waals surface area contributed by atoms with E-state index >= 15 is 0 Å². The molecule has 144 valence electrons. The van der Waals surface area contributed by atoms with Crippen molar-refractivity contribution in [1.82, 2.24) is 0 Å². The van der Waals surface area contributed by atoms with Gasteiger partial charge in [-0.05, 0) is 41.8 Å². The van der Waals surface area contributed by atoms with Gasteiger partial charge in [-0.1, -0.05) is 37.6 Å². The van der Waals surface area contributed by atoms with Gasteiger partial charge in [0, 0.05) is 5.69 Å². The van der Waals surface area contributed by atoms with Crippen molar-refractivity contribution in [3.8, 4) is 11.5 Å². The Hall–Kier alpha value is -2.73. The van der Waals surface area contributed by atoms with Gasteiger partial charge in [0.15, 0.2) is 13.2 Å². The summed E-state index contributed by atoms with van der Waals surface area (Å²) in [5.74, 6) is 0.369. The van der Waals surface area contributed by atoms with E-state index in [0.717, 1.165) is 0 Å². The van der Waals surface area contributed by atoms with Crippen molar-refractivity contribution in [3.05, 3.63) is 53.1 Å². The quantitative estimate of drug-likeness (QED) is 0.687. The van der Waals surface area contributed by atoms with Crippen LogP contribution in [0, 0.1) is 0 Å². The molecule has 2 rings (SSSR count). The number of ether oxygens (including phenoxy) is 3. The third kappa shape index (κ3) is 6.49. The fraction of sp³-hybridized carbons (Fsp3) is 0.300. The Morgan fingerprint density at radius 1 is 1.07 bits per heavy atom. The molecule has 2 aromatic carbocycles. The maximum absolute atomic E-state index is 11.9. The summed E-state index contributed by atoms with van der Waals surface area (Å²) in [6.45, 7) is 3.50. The van der Waals surface area contributed by atoms with E-state index in [2.05, 4.69) is 19.2 Å². The Balaban J connectivity index is 1.74. The van der Waals surface area contributed by atoms with Crippen molar-refractivity contribution in [2.75, 3.05) is 25.6 Å². The van der Waals surface area contributed by atoms with Gasteiger partial charge in [0.2, 0.25) is 0 Å². The first kappa shape index (κ1) is 20.6. The van der Waals surface area contributed by atoms with Gasteiger partial charge in [0.05, 0.1) is 12.1 Å². The molecule has 0 aliphatic rings. The molecular formula is C20H22ClNO5. The summed E-state index contributed by atoms with van der Waals surface area (Å²) in [6.07, 6.45) is 0. The lowest BCUT2D eigenvalue weighted by Gasteiger charge is -2.10. The van der Waals surface area contributed by atoms with E-state index in [0.29, 0.717) is 28.1 Å². The number of rotatable bonds is 8. The molecule has 7 heteroatoms. The van der Waals surface area contributed by atoms with Gasteiger partial charge in [0.1, 0.15) is 11.5 Å². The van der Waals surface area contributed by atoms with Crippen molar-refractivity contribution in [3.63, 3.8) is 0 Å². The molecule has 0 saturated heterocycles. The molecule has 0 bridgehead atoms. The van der Waals surface area contributed by atoms with Gasteiger partial charge in [-0.3, -0.25) is 4.79 Å². The lowest BCUT2D eigenvalue weighted by atomic mass is 10.0. The molecule has 0 aliphatic carbocycles. The van der Waals surface area contributed by atoms with E-state index in [-0.39, 0.29) is 6.61 Å². The molecular weight excluding hydrogens is 370 g/mol. The van der Waals surface area contributed by atoms with Gasteiger partial charge in [-0.25, -0.2) is 4.79 Å². The first-order chi connectivity index (χ1) is 12.9. The summed E-state index contributed by atoms with van der Waals surface area (Å²) in [7, 11) is 1.50. The third-order valence-corrected chi connectivity index (χ3v) is 4.00. The molecule has 0 fully saturated rings. The Labute approximate surface area is 163 Å². The molecule has 0 unspecified atom stereocenters. The monoisotopic (exact) mass is 391 g/mol. The van der Waals surface area contributed by atoms with Crippen LogP contribution in [0.15, 0.2) is 42.5 Å². The van der Waals surface area contributed by atoms with Gasteiger partial charge >= 0.3 is 5.97 Å². The molecule has 0 aliphatic heterocycles. The second kappa shape index (κ2) is 9.83. The van der Waals surface area contributed by atoms with Crippen LogP contribution in [0.2, 0.25) is 5.02 Å². The smallest absolute Gasteiger partial charge is 0.344 e. The van der Waals surface area contributed by atoms with Crippen molar-refractivity contribution in [2.45, 2.75) is 19.8 Å². The Bertz CT molecular complexity index is 789. The Kier molecular flexibility index (Phi) is 7.49. The van der Waals surface area contributed by atoms with Crippen molar-refractivity contribution >= 4 is 29.2 Å². The molecule has 27 heavy (non-hydrogen) atoms. The number of halogens is 1. The molecule has 1 N–H and O–H groups in total. The highest BCUT2D eigenvalue weighted by Crippen LogP contribution is 2.27. The first-order valence-electron chi connectivity index (χ1n) is 8.41. The molecule has 2 aromatic rings. The fourth-order valence-corrected chi connectivity index (χ4v) is 2.48. The average Bonchev–Trinajstić information content (AvgIpc) is 2.65. The number of carbonyl (C=O) groups is 2. The molecule has 0 atom stereocenters. The standard InChI is InChI=1S/C20H22ClNO5/c1-13(2)14-4-7-16(8-5-14)26-12-20(24)27-11-19(23)22-15-6-9-18(25-3)17(21)10-15/h4-10,13H,11-12H2,1-3H3,(H,22,23). The Morgan fingerprint density at radius 3 is 2.37 bits per heavy atom. The summed E-state index contributed by atoms with van der Waals surface area (Å²) in [5.41, 5.74) is 1.66. The fourth-order valence-electron chi connectivity index (χ4n) is 2.22. The zero-order chi connectivity index (χ0) is 19.8. The maximum atomic E-state index is 11.9. The number of esters is 1. The number of anilines is 1. The van der Waals surface area contributed by atoms with Crippen LogP contribution in [0.4, 0.5) is 5.69 Å². The van der Waals surface area contributed by atoms with Crippen LogP contribution in [0.1, 0.15) is 25.3 Å². The normalized spacial score (nSPS) is 10.4. The van der Waals surface area contributed by atoms with Gasteiger partial charge < -0.3 is 19.5 Å². The van der Waals surface area contributed by atoms with Crippen LogP contribution in [-0.2, 0) is 14.3 Å². The largest absolute Gasteiger partial charge is 0.495 e. The van der Waals surface area contributed by atoms with E-state index < -0.39 is 18.5 Å². The van der Waals surface area contributed by atoms with Crippen LogP contribution >= 0.6 is 11.6 Å². The van der Waals surface area contributed by atoms with E-state index in [9.17, 15) is 9.59 Å². The third-order valence-electron chi connectivity index (χ3n) is 3.70. The number of hydrogen-bond donors (Lipinski definition) is 1. The number of nitrogens with one attached hydrogen (secondary N) is 1. The van der Waals surface area contributed by atoms with Gasteiger partial charge in [-0.2, -0.15) is 0 Å². The van der Waals surface area contributed by atoms with Crippen molar-refractivity contribution < 1.29 is 23.8 Å². The number of methoxy groups -OCH3 is 1. The first-order valence-corrected chi connectivity index (χ1v) is 8.78. The maximum Gasteiger partial charge on any atom is 0.344 e. The minimum atomic E-state index is -0.633. The number of benzene rings is 2. The SMILES string of the molecule is COc1ccc(NC(=O)COC(=O)COc2ccc(C(C)C)cc2)cc1Cl. The second-order valence-corrected chi connectivity index (χ2v) is 6.48. The lowest BCUT2D eigenvalue weighted by Crippen LogP contribution is -2.23. The summed E-state index contributed by atoms with van der Waals surface area (Å²) >= 11 is 5.99. The van der Waals surface area contributed by atoms with Crippen LogP contribution in [0.25, 0.3) is 0 Å². The summed E-state index contributed by atoms with van der Waals surface area (Å²) in [5, 5.41) is 2.95. The molecule has 6 nitrogen and oxygen atoms in total. The van der Waals surface area contributed by atoms with Crippen LogP contribution < -0.4 is 14.8 Å². The minimum absolute atomic E-state index is 0.275. The zero-order valence-corrected chi connectivity index (χ0v) is 16.2. The summed E-state index contributed by atoms with van der Waals surface area (Å²) < 4.78 is 15.3. The predicted octanol–water partition coefficient (Wildman–Crippen LogP) is 4.03. The number of amides is 1. The van der Waals surface area contributed by atoms with Crippen LogP contribution in [0.5, 0.6) is 11.5 Å². The predicted molar refractivity (Wildman–Crippen MR) is 104 cm³/mol. The second-order valence-electron chi connectivity index (χ2n) is 6.07. The Morgan fingerprint density at radius 2 is 1.78 bits per heavy atom. The molecule has 0 aromatic heterocycles. The molecule has 0 heterocycles. The van der Waals surface area contributed by atoms with Crippen molar-refractivity contribution in [1.29, 1.82) is 0 Å². The molecule has 0 radical (unpaired) electrons. The highest BCUT2D eigenvalue weighted by molar-refractivity contribution is 6.32. The summed E-state index contributed by atoms with van der Waals surface area (Å²) in [4.78, 5) is 23.6. The van der Waals surface area contributed by atoms with Crippen LogP contribution in [-0.4, -0.2) is 32.2 Å². The van der Waals surface area contributed by atoms with E-state index in [1.54, 1.807) is 30.3 Å². The minimum Gasteiger partial charge on any atom is -0.495 e. The summed E-state index contributed by atoms with van der Waals surface area (Å²) in [6, 6.07) is 12.3. The number of carbonyl (C=O) groups excluding carboxylic acids is 2. The van der Waals surface area contributed by atoms with Crippen LogP contribution in [0.3, 0.4) is 0 Å². The van der Waals surface area contributed by atoms with Crippen molar-refractivity contribution in [2.24, 2.45) is 0 Å². The molecule has 0 saturated carbocycles. The lowest BCUT2D eigenvalue weighted by molar-refractivity contribution is -0.149. The average molecular weight is 392 g/mol. The molecule has 1 amide bonds. The highest BCUT2D eigenvalue weighted by atomic mass is 35.5. The number of hydrogen-bond acceptors (Lipinski definition) is 5. The van der Waals surface area contributed by atoms with E-state index in [4.69, 9.17) is 25.8 Å². The topological polar surface area (TPSA) is 73.9 Å². The molecule has 0 spiro atoms.